The van der Waals surface area contributed by atoms with E-state index in [2.05, 4.69) is 0 Å². The summed E-state index contributed by atoms with van der Waals surface area (Å²) in [5.74, 6) is -5.48. The number of carboxylic acids is 4. The molecule has 1 aliphatic rings. The maximum Gasteiger partial charge on any atom is 0.335 e. The maximum atomic E-state index is 13.4. The molecule has 0 radical (unpaired) electrons. The van der Waals surface area contributed by atoms with Gasteiger partial charge in [-0.2, -0.15) is 0 Å². The van der Waals surface area contributed by atoms with Crippen LogP contribution in [-0.2, 0) is 0 Å². The first-order valence-electron chi connectivity index (χ1n) is 11.1. The molecule has 5 rings (SSSR count). The minimum atomic E-state index is -1.29. The molecule has 0 amide bonds. The fourth-order valence-electron chi connectivity index (χ4n) is 4.52. The van der Waals surface area contributed by atoms with Gasteiger partial charge >= 0.3 is 23.9 Å². The first-order chi connectivity index (χ1) is 18.0. The van der Waals surface area contributed by atoms with E-state index in [4.69, 9.17) is 0 Å². The van der Waals surface area contributed by atoms with Crippen LogP contribution in [0.25, 0.3) is 33.4 Å². The third-order valence-corrected chi connectivity index (χ3v) is 6.34. The van der Waals surface area contributed by atoms with E-state index < -0.39 is 23.9 Å². The van der Waals surface area contributed by atoms with Gasteiger partial charge in [-0.05, 0) is 81.9 Å². The number of rotatable bonds is 6. The van der Waals surface area contributed by atoms with Gasteiger partial charge in [0.1, 0.15) is 0 Å². The van der Waals surface area contributed by atoms with E-state index in [9.17, 15) is 44.4 Å². The van der Waals surface area contributed by atoms with E-state index >= 15 is 0 Å². The minimum Gasteiger partial charge on any atom is -0.478 e. The minimum absolute atomic E-state index is 0.205. The van der Waals surface area contributed by atoms with E-state index in [-0.39, 0.29) is 28.0 Å². The van der Waals surface area contributed by atoms with Gasteiger partial charge in [0.25, 0.3) is 0 Å². The second kappa shape index (κ2) is 8.82. The van der Waals surface area contributed by atoms with Crippen molar-refractivity contribution in [1.82, 2.24) is 0 Å². The van der Waals surface area contributed by atoms with Crippen molar-refractivity contribution in [2.24, 2.45) is 0 Å². The topological polar surface area (TPSA) is 166 Å². The fraction of sp³-hybridized carbons (Fsp3) is 0. The molecule has 0 aromatic heterocycles. The summed E-state index contributed by atoms with van der Waals surface area (Å²) in [6.07, 6.45) is 0. The van der Waals surface area contributed by atoms with Crippen LogP contribution in [0.3, 0.4) is 0 Å². The number of carbonyl (C=O) groups is 5. The summed E-state index contributed by atoms with van der Waals surface area (Å²) < 4.78 is 0. The predicted molar refractivity (Wildman–Crippen MR) is 134 cm³/mol. The van der Waals surface area contributed by atoms with Crippen LogP contribution >= 0.6 is 0 Å². The molecule has 4 N–H and O–H groups in total. The van der Waals surface area contributed by atoms with E-state index in [0.717, 1.165) is 12.1 Å². The summed E-state index contributed by atoms with van der Waals surface area (Å²) in [4.78, 5) is 59.4. The second-order valence-electron chi connectivity index (χ2n) is 8.67. The van der Waals surface area contributed by atoms with Gasteiger partial charge in [0.15, 0.2) is 5.78 Å². The zero-order chi connectivity index (χ0) is 27.3. The Kier molecular flexibility index (Phi) is 5.61. The number of carbonyl (C=O) groups excluding carboxylic acids is 1. The first-order valence-corrected chi connectivity index (χ1v) is 11.1. The van der Waals surface area contributed by atoms with Crippen LogP contribution in [0.15, 0.2) is 72.8 Å². The molecule has 0 saturated heterocycles. The number of ketones is 1. The summed E-state index contributed by atoms with van der Waals surface area (Å²) in [5.41, 5.74) is 2.64. The normalized spacial score (nSPS) is 11.5. The van der Waals surface area contributed by atoms with Gasteiger partial charge in [-0.25, -0.2) is 19.2 Å². The van der Waals surface area contributed by atoms with E-state index in [1.54, 1.807) is 36.4 Å². The molecule has 0 atom stereocenters. The highest BCUT2D eigenvalue weighted by Crippen LogP contribution is 2.41. The van der Waals surface area contributed by atoms with Gasteiger partial charge in [-0.15, -0.1) is 0 Å². The molecule has 0 aliphatic heterocycles. The summed E-state index contributed by atoms with van der Waals surface area (Å²) >= 11 is 0. The number of benzene rings is 4. The molecule has 0 saturated carbocycles. The SMILES string of the molecule is O=C(O)c1cc(C(=O)O)cc(-c2ccc3c(c2)C(=O)c2cc(-c4cc(C(=O)O)cc(C(=O)O)c4)ccc2-3)c1. The highest BCUT2D eigenvalue weighted by Gasteiger charge is 2.28. The van der Waals surface area contributed by atoms with Gasteiger partial charge in [0, 0.05) is 11.1 Å². The van der Waals surface area contributed by atoms with Crippen molar-refractivity contribution in [3.63, 3.8) is 0 Å². The smallest absolute Gasteiger partial charge is 0.335 e. The van der Waals surface area contributed by atoms with Crippen LogP contribution in [-0.4, -0.2) is 50.1 Å². The molecule has 186 valence electrons. The van der Waals surface area contributed by atoms with Crippen LogP contribution in [0.2, 0.25) is 0 Å². The van der Waals surface area contributed by atoms with Crippen molar-refractivity contribution in [3.05, 3.63) is 106 Å². The van der Waals surface area contributed by atoms with Gasteiger partial charge in [0.05, 0.1) is 22.3 Å². The van der Waals surface area contributed by atoms with E-state index in [1.807, 2.05) is 0 Å². The quantitative estimate of drug-likeness (QED) is 0.246. The second-order valence-corrected chi connectivity index (χ2v) is 8.67. The Bertz CT molecular complexity index is 1560. The van der Waals surface area contributed by atoms with Crippen LogP contribution in [0.1, 0.15) is 57.4 Å². The van der Waals surface area contributed by atoms with Gasteiger partial charge in [0.2, 0.25) is 0 Å². The monoisotopic (exact) mass is 508 g/mol. The Morgan fingerprint density at radius 2 is 0.711 bits per heavy atom. The Morgan fingerprint density at radius 1 is 0.395 bits per heavy atom. The highest BCUT2D eigenvalue weighted by atomic mass is 16.4. The van der Waals surface area contributed by atoms with Crippen LogP contribution < -0.4 is 0 Å². The van der Waals surface area contributed by atoms with Crippen molar-refractivity contribution < 1.29 is 44.4 Å². The van der Waals surface area contributed by atoms with Crippen LogP contribution in [0.4, 0.5) is 0 Å². The number of hydrogen-bond donors (Lipinski definition) is 4. The van der Waals surface area contributed by atoms with Crippen molar-refractivity contribution in [2.75, 3.05) is 0 Å². The molecule has 0 fully saturated rings. The molecule has 0 unspecified atom stereocenters. The third kappa shape index (κ3) is 4.07. The third-order valence-electron chi connectivity index (χ3n) is 6.34. The van der Waals surface area contributed by atoms with Gasteiger partial charge < -0.3 is 20.4 Å². The Labute approximate surface area is 213 Å². The Morgan fingerprint density at radius 3 is 1.00 bits per heavy atom. The summed E-state index contributed by atoms with van der Waals surface area (Å²) in [7, 11) is 0. The number of carboxylic acid groups (broad SMARTS) is 4. The lowest BCUT2D eigenvalue weighted by atomic mass is 9.95. The van der Waals surface area contributed by atoms with Gasteiger partial charge in [-0.3, -0.25) is 4.79 Å². The molecule has 9 heteroatoms. The molecule has 4 aromatic rings. The molecule has 38 heavy (non-hydrogen) atoms. The molecule has 0 heterocycles. The van der Waals surface area contributed by atoms with Crippen LogP contribution in [0, 0.1) is 0 Å². The molecule has 1 aliphatic carbocycles. The molecule has 0 bridgehead atoms. The molecule has 4 aromatic carbocycles. The maximum absolute atomic E-state index is 13.4. The molecular weight excluding hydrogens is 492 g/mol. The van der Waals surface area contributed by atoms with Crippen molar-refractivity contribution in [2.45, 2.75) is 0 Å². The van der Waals surface area contributed by atoms with Crippen LogP contribution in [0.5, 0.6) is 0 Å². The predicted octanol–water partition coefficient (Wildman–Crippen LogP) is 5.02. The average molecular weight is 508 g/mol. The largest absolute Gasteiger partial charge is 0.478 e. The number of fused-ring (bicyclic) bond motifs is 3. The van der Waals surface area contributed by atoms with Crippen molar-refractivity contribution in [1.29, 1.82) is 0 Å². The van der Waals surface area contributed by atoms with Crippen molar-refractivity contribution >= 4 is 29.7 Å². The Balaban J connectivity index is 1.58. The first kappa shape index (κ1) is 24.1. The fourth-order valence-corrected chi connectivity index (χ4v) is 4.52. The lowest BCUT2D eigenvalue weighted by molar-refractivity contribution is 0.0676. The zero-order valence-corrected chi connectivity index (χ0v) is 19.3. The molecular formula is C29H16O9. The summed E-state index contributed by atoms with van der Waals surface area (Å²) in [5, 5.41) is 37.5. The lowest BCUT2D eigenvalue weighted by Crippen LogP contribution is -2.03. The van der Waals surface area contributed by atoms with Crippen molar-refractivity contribution in [3.8, 4) is 33.4 Å². The summed E-state index contributed by atoms with van der Waals surface area (Å²) in [6, 6.07) is 17.3. The molecule has 9 nitrogen and oxygen atoms in total. The zero-order valence-electron chi connectivity index (χ0n) is 19.3. The van der Waals surface area contributed by atoms with Gasteiger partial charge in [-0.1, -0.05) is 24.3 Å². The Hall–Kier alpha value is -5.57. The van der Waals surface area contributed by atoms with E-state index in [1.165, 1.54) is 24.3 Å². The standard InChI is InChI=1S/C29H16O9/c30-25-23-11-13(15-5-17(26(31)32)9-18(6-15)27(33)34)1-3-21(23)22-4-2-14(12-24(22)25)16-7-19(28(35)36)10-20(8-16)29(37)38/h1-12H,(H,31,32)(H,33,34)(H,35,36)(H,37,38). The lowest BCUT2D eigenvalue weighted by Gasteiger charge is -2.08. The van der Waals surface area contributed by atoms with E-state index in [0.29, 0.717) is 44.5 Å². The number of aromatic carboxylic acids is 4. The molecule has 0 spiro atoms. The average Bonchev–Trinajstić information content (AvgIpc) is 3.18. The summed E-state index contributed by atoms with van der Waals surface area (Å²) in [6.45, 7) is 0. The number of hydrogen-bond acceptors (Lipinski definition) is 5. The highest BCUT2D eigenvalue weighted by molar-refractivity contribution is 6.22.